The summed E-state index contributed by atoms with van der Waals surface area (Å²) in [6, 6.07) is 21.7. The zero-order valence-corrected chi connectivity index (χ0v) is 19.1. The van der Waals surface area contributed by atoms with Crippen molar-refractivity contribution in [2.24, 2.45) is 0 Å². The predicted octanol–water partition coefficient (Wildman–Crippen LogP) is 5.04. The fourth-order valence-electron chi connectivity index (χ4n) is 3.91. The Kier molecular flexibility index (Phi) is 7.21. The molecule has 0 radical (unpaired) electrons. The topological polar surface area (TPSA) is 67.4 Å². The van der Waals surface area contributed by atoms with Gasteiger partial charge in [0.2, 0.25) is 0 Å². The molecule has 182 valence electrons. The van der Waals surface area contributed by atoms with Gasteiger partial charge in [-0.1, -0.05) is 60.7 Å². The van der Waals surface area contributed by atoms with Crippen LogP contribution < -0.4 is 15.4 Å². The summed E-state index contributed by atoms with van der Waals surface area (Å²) >= 11 is 0. The van der Waals surface area contributed by atoms with Crippen molar-refractivity contribution in [2.45, 2.75) is 44.6 Å². The largest absolute Gasteiger partial charge is 0.491 e. The molecule has 0 heterocycles. The lowest BCUT2D eigenvalue weighted by molar-refractivity contribution is -0.189. The first kappa shape index (κ1) is 24.5. The minimum absolute atomic E-state index is 0.0452. The Morgan fingerprint density at radius 3 is 2.40 bits per heavy atom. The summed E-state index contributed by atoms with van der Waals surface area (Å²) in [5.74, 6) is -3.35. The summed E-state index contributed by atoms with van der Waals surface area (Å²) in [5, 5.41) is 6.12. The number of amides is 1. The second-order valence-electron chi connectivity index (χ2n) is 8.57. The molecule has 5 nitrogen and oxygen atoms in total. The highest BCUT2D eigenvalue weighted by Crippen LogP contribution is 2.42. The molecule has 8 heteroatoms. The Labute approximate surface area is 201 Å². The van der Waals surface area contributed by atoms with E-state index >= 15 is 0 Å². The molecule has 1 fully saturated rings. The van der Waals surface area contributed by atoms with Gasteiger partial charge in [-0.3, -0.25) is 4.79 Å². The molecule has 1 saturated carbocycles. The van der Waals surface area contributed by atoms with E-state index in [4.69, 9.17) is 0 Å². The highest BCUT2D eigenvalue weighted by atomic mass is 19.4. The number of nitrogens with one attached hydrogen (secondary N) is 2. The van der Waals surface area contributed by atoms with Crippen LogP contribution in [0, 0.1) is 6.92 Å². The van der Waals surface area contributed by atoms with Crippen LogP contribution in [0.2, 0.25) is 0 Å². The number of alkyl halides is 3. The van der Waals surface area contributed by atoms with Crippen molar-refractivity contribution in [1.29, 1.82) is 0 Å². The van der Waals surface area contributed by atoms with Crippen LogP contribution in [0.3, 0.4) is 0 Å². The molecule has 2 atom stereocenters. The van der Waals surface area contributed by atoms with E-state index < -0.39 is 23.8 Å². The van der Waals surface area contributed by atoms with Crippen LogP contribution in [0.1, 0.15) is 45.0 Å². The van der Waals surface area contributed by atoms with Gasteiger partial charge in [0.15, 0.2) is 0 Å². The number of esters is 1. The molecule has 1 aliphatic carbocycles. The first-order chi connectivity index (χ1) is 16.7. The van der Waals surface area contributed by atoms with Gasteiger partial charge in [-0.25, -0.2) is 4.79 Å². The maximum absolute atomic E-state index is 12.9. The highest BCUT2D eigenvalue weighted by molar-refractivity contribution is 5.98. The van der Waals surface area contributed by atoms with E-state index in [1.165, 1.54) is 23.3 Å². The maximum Gasteiger partial charge on any atom is 0.491 e. The van der Waals surface area contributed by atoms with Gasteiger partial charge in [-0.15, -0.1) is 0 Å². The zero-order valence-electron chi connectivity index (χ0n) is 19.1. The summed E-state index contributed by atoms with van der Waals surface area (Å²) in [6.07, 6.45) is -4.39. The van der Waals surface area contributed by atoms with Gasteiger partial charge in [-0.2, -0.15) is 13.2 Å². The lowest BCUT2D eigenvalue weighted by Gasteiger charge is -2.14. The number of carbonyl (C=O) groups excluding carboxylic acids is 2. The Morgan fingerprint density at radius 2 is 1.69 bits per heavy atom. The molecule has 3 aromatic rings. The molecule has 0 saturated heterocycles. The molecule has 2 N–H and O–H groups in total. The van der Waals surface area contributed by atoms with E-state index in [1.807, 2.05) is 61.5 Å². The van der Waals surface area contributed by atoms with E-state index in [-0.39, 0.29) is 24.1 Å². The van der Waals surface area contributed by atoms with Crippen LogP contribution in [-0.4, -0.2) is 24.1 Å². The number of hydrogen-bond donors (Lipinski definition) is 2. The van der Waals surface area contributed by atoms with Crippen molar-refractivity contribution < 1.29 is 27.5 Å². The third-order valence-corrected chi connectivity index (χ3v) is 6.01. The minimum atomic E-state index is -5.18. The first-order valence-corrected chi connectivity index (χ1v) is 11.3. The molecule has 3 aromatic carbocycles. The summed E-state index contributed by atoms with van der Waals surface area (Å²) in [7, 11) is 0. The molecule has 2 unspecified atom stereocenters. The van der Waals surface area contributed by atoms with Gasteiger partial charge in [0.05, 0.1) is 5.56 Å². The molecular weight excluding hydrogens is 457 g/mol. The Balaban J connectivity index is 1.48. The predicted molar refractivity (Wildman–Crippen MR) is 125 cm³/mol. The van der Waals surface area contributed by atoms with Gasteiger partial charge in [0, 0.05) is 25.0 Å². The number of benzene rings is 3. The molecule has 1 amide bonds. The Hall–Kier alpha value is -3.65. The second-order valence-corrected chi connectivity index (χ2v) is 8.57. The SMILES string of the molecule is Cc1ccccc1CNC1CC1c1ccc(C(=O)NCc2ccccc2)c(OC(=O)C(F)(F)F)c1. The lowest BCUT2D eigenvalue weighted by atomic mass is 10.1. The van der Waals surface area contributed by atoms with E-state index in [2.05, 4.69) is 15.4 Å². The number of aryl methyl sites for hydroxylation is 1. The summed E-state index contributed by atoms with van der Waals surface area (Å²) < 4.78 is 43.3. The van der Waals surface area contributed by atoms with E-state index in [0.717, 1.165) is 12.0 Å². The normalized spacial score (nSPS) is 17.0. The van der Waals surface area contributed by atoms with Crippen molar-refractivity contribution in [2.75, 3.05) is 0 Å². The third-order valence-electron chi connectivity index (χ3n) is 6.01. The van der Waals surface area contributed by atoms with Gasteiger partial charge >= 0.3 is 12.1 Å². The molecule has 0 bridgehead atoms. The molecular formula is C27H25F3N2O3. The summed E-state index contributed by atoms with van der Waals surface area (Å²) in [6.45, 7) is 2.88. The van der Waals surface area contributed by atoms with Crippen LogP contribution in [0.5, 0.6) is 5.75 Å². The molecule has 4 rings (SSSR count). The highest BCUT2D eigenvalue weighted by Gasteiger charge is 2.43. The van der Waals surface area contributed by atoms with Crippen molar-refractivity contribution in [1.82, 2.24) is 10.6 Å². The van der Waals surface area contributed by atoms with Crippen LogP contribution >= 0.6 is 0 Å². The standard InChI is InChI=1S/C27H25F3N2O3/c1-17-7-5-6-10-20(17)16-31-23-14-22(23)19-11-12-21(24(13-19)35-26(34)27(28,29)30)25(33)32-15-18-8-3-2-4-9-18/h2-13,22-23,31H,14-16H2,1H3,(H,32,33). The average Bonchev–Trinajstić information content (AvgIpc) is 3.62. The molecule has 0 spiro atoms. The van der Waals surface area contributed by atoms with Crippen molar-refractivity contribution in [3.8, 4) is 5.75 Å². The van der Waals surface area contributed by atoms with Crippen LogP contribution in [0.4, 0.5) is 13.2 Å². The smallest absolute Gasteiger partial charge is 0.419 e. The lowest BCUT2D eigenvalue weighted by Crippen LogP contribution is -2.30. The monoisotopic (exact) mass is 482 g/mol. The third kappa shape index (κ3) is 6.27. The number of rotatable bonds is 8. The average molecular weight is 483 g/mol. The van der Waals surface area contributed by atoms with Gasteiger partial charge in [0.25, 0.3) is 5.91 Å². The van der Waals surface area contributed by atoms with E-state index in [0.29, 0.717) is 12.1 Å². The van der Waals surface area contributed by atoms with Crippen LogP contribution in [0.15, 0.2) is 72.8 Å². The maximum atomic E-state index is 12.9. The van der Waals surface area contributed by atoms with Crippen molar-refractivity contribution in [3.05, 3.63) is 101 Å². The summed E-state index contributed by atoms with van der Waals surface area (Å²) in [4.78, 5) is 24.3. The molecule has 35 heavy (non-hydrogen) atoms. The van der Waals surface area contributed by atoms with E-state index in [9.17, 15) is 22.8 Å². The number of ether oxygens (including phenoxy) is 1. The van der Waals surface area contributed by atoms with E-state index in [1.54, 1.807) is 6.07 Å². The fourth-order valence-corrected chi connectivity index (χ4v) is 3.91. The van der Waals surface area contributed by atoms with Gasteiger partial charge in [-0.05, 0) is 47.7 Å². The number of hydrogen-bond acceptors (Lipinski definition) is 4. The number of halogens is 3. The van der Waals surface area contributed by atoms with Crippen LogP contribution in [0.25, 0.3) is 0 Å². The first-order valence-electron chi connectivity index (χ1n) is 11.3. The number of carbonyl (C=O) groups is 2. The summed E-state index contributed by atoms with van der Waals surface area (Å²) in [5.41, 5.74) is 3.74. The van der Waals surface area contributed by atoms with Crippen LogP contribution in [-0.2, 0) is 17.9 Å². The molecule has 1 aliphatic rings. The zero-order chi connectivity index (χ0) is 25.0. The van der Waals surface area contributed by atoms with Crippen molar-refractivity contribution >= 4 is 11.9 Å². The quantitative estimate of drug-likeness (QED) is 0.349. The Bertz CT molecular complexity index is 1210. The minimum Gasteiger partial charge on any atom is -0.419 e. The molecule has 0 aromatic heterocycles. The fraction of sp³-hybridized carbons (Fsp3) is 0.259. The van der Waals surface area contributed by atoms with Crippen molar-refractivity contribution in [3.63, 3.8) is 0 Å². The van der Waals surface area contributed by atoms with Gasteiger partial charge in [0.1, 0.15) is 5.75 Å². The Morgan fingerprint density at radius 1 is 0.971 bits per heavy atom. The second kappa shape index (κ2) is 10.3. The van der Waals surface area contributed by atoms with Gasteiger partial charge < -0.3 is 15.4 Å². The molecule has 0 aliphatic heterocycles.